The van der Waals surface area contributed by atoms with Crippen molar-refractivity contribution in [2.75, 3.05) is 0 Å². The van der Waals surface area contributed by atoms with E-state index < -0.39 is 11.0 Å². The van der Waals surface area contributed by atoms with Crippen molar-refractivity contribution < 1.29 is 19.1 Å². The molecule has 0 N–H and O–H groups in total. The molecule has 0 amide bonds. The lowest BCUT2D eigenvalue weighted by Gasteiger charge is -2.47. The quantitative estimate of drug-likeness (QED) is 0.669. The molecule has 2 aliphatic carbocycles. The van der Waals surface area contributed by atoms with Crippen LogP contribution in [-0.4, -0.2) is 23.6 Å². The van der Waals surface area contributed by atoms with Crippen LogP contribution in [0.1, 0.15) is 87.0 Å². The van der Waals surface area contributed by atoms with Crippen LogP contribution in [0.3, 0.4) is 0 Å². The van der Waals surface area contributed by atoms with Gasteiger partial charge in [-0.25, -0.2) is 4.79 Å². The predicted molar refractivity (Wildman–Crippen MR) is 100 cm³/mol. The number of carbonyl (C=O) groups is 2. The van der Waals surface area contributed by atoms with Gasteiger partial charge in [0.15, 0.2) is 0 Å². The monoisotopic (exact) mass is 364 g/mol. The zero-order valence-corrected chi connectivity index (χ0v) is 17.6. The minimum atomic E-state index is -1.06. The van der Waals surface area contributed by atoms with Crippen LogP contribution in [0.15, 0.2) is 0 Å². The fourth-order valence-electron chi connectivity index (χ4n) is 5.49. The Hall–Kier alpha value is -1.06. The molecule has 4 heteroatoms. The Bertz CT molecular complexity index is 580. The molecular weight excluding hydrogens is 328 g/mol. The zero-order valence-electron chi connectivity index (χ0n) is 17.6. The minimum Gasteiger partial charge on any atom is -0.459 e. The van der Waals surface area contributed by atoms with Crippen LogP contribution in [0.4, 0.5) is 0 Å². The highest BCUT2D eigenvalue weighted by Crippen LogP contribution is 2.53. The molecule has 0 spiro atoms. The SMILES string of the molecule is CC(C)(C)CC(C)(C(=O)OC12CC3CC(CC(C3)OC1=O)C2)C(C)(C)C. The first-order valence-corrected chi connectivity index (χ1v) is 10.2. The van der Waals surface area contributed by atoms with E-state index in [4.69, 9.17) is 9.47 Å². The molecule has 2 saturated carbocycles. The average molecular weight is 365 g/mol. The Balaban J connectivity index is 1.90. The third-order valence-corrected chi connectivity index (χ3v) is 7.02. The van der Waals surface area contributed by atoms with Crippen LogP contribution in [-0.2, 0) is 19.1 Å². The van der Waals surface area contributed by atoms with Gasteiger partial charge in [-0.2, -0.15) is 0 Å². The smallest absolute Gasteiger partial charge is 0.350 e. The lowest BCUT2D eigenvalue weighted by molar-refractivity contribution is -0.198. The third-order valence-electron chi connectivity index (χ3n) is 7.02. The Labute approximate surface area is 158 Å². The number of fused-ring (bicyclic) bond motifs is 1. The van der Waals surface area contributed by atoms with Crippen molar-refractivity contribution in [3.8, 4) is 0 Å². The molecule has 3 unspecified atom stereocenters. The summed E-state index contributed by atoms with van der Waals surface area (Å²) in [4.78, 5) is 26.4. The summed E-state index contributed by atoms with van der Waals surface area (Å²) in [6, 6.07) is 0. The summed E-state index contributed by atoms with van der Waals surface area (Å²) in [7, 11) is 0. The van der Waals surface area contributed by atoms with Crippen LogP contribution in [0.5, 0.6) is 0 Å². The Kier molecular flexibility index (Phi) is 4.52. The number of esters is 2. The molecule has 4 bridgehead atoms. The maximum absolute atomic E-state index is 13.5. The molecule has 26 heavy (non-hydrogen) atoms. The summed E-state index contributed by atoms with van der Waals surface area (Å²) in [6.45, 7) is 14.7. The van der Waals surface area contributed by atoms with Crippen molar-refractivity contribution in [2.45, 2.75) is 98.7 Å². The predicted octanol–water partition coefficient (Wildman–Crippen LogP) is 4.89. The van der Waals surface area contributed by atoms with Crippen molar-refractivity contribution in [2.24, 2.45) is 28.1 Å². The van der Waals surface area contributed by atoms with Crippen LogP contribution < -0.4 is 0 Å². The van der Waals surface area contributed by atoms with Crippen LogP contribution in [0, 0.1) is 28.1 Å². The normalized spacial score (nSPS) is 36.3. The Morgan fingerprint density at radius 2 is 1.58 bits per heavy atom. The number of rotatable bonds is 3. The molecule has 4 nitrogen and oxygen atoms in total. The highest BCUT2D eigenvalue weighted by atomic mass is 16.6. The first kappa shape index (κ1) is 19.7. The van der Waals surface area contributed by atoms with Gasteiger partial charge in [-0.05, 0) is 55.3 Å². The molecule has 2 aliphatic heterocycles. The molecule has 148 valence electrons. The van der Waals surface area contributed by atoms with Crippen LogP contribution in [0.2, 0.25) is 0 Å². The molecule has 4 aliphatic rings. The molecule has 2 saturated heterocycles. The van der Waals surface area contributed by atoms with Gasteiger partial charge in [-0.1, -0.05) is 41.5 Å². The van der Waals surface area contributed by atoms with Gasteiger partial charge in [-0.3, -0.25) is 4.79 Å². The van der Waals surface area contributed by atoms with Gasteiger partial charge >= 0.3 is 11.9 Å². The molecule has 3 atom stereocenters. The highest BCUT2D eigenvalue weighted by molar-refractivity contribution is 5.86. The van der Waals surface area contributed by atoms with Crippen molar-refractivity contribution in [1.82, 2.24) is 0 Å². The summed E-state index contributed by atoms with van der Waals surface area (Å²) in [6.07, 6.45) is 5.02. The molecule has 0 aromatic rings. The van der Waals surface area contributed by atoms with E-state index in [1.54, 1.807) is 0 Å². The van der Waals surface area contributed by atoms with Gasteiger partial charge < -0.3 is 9.47 Å². The molecule has 4 rings (SSSR count). The van der Waals surface area contributed by atoms with Gasteiger partial charge in [0.25, 0.3) is 0 Å². The second kappa shape index (κ2) is 5.97. The lowest BCUT2D eigenvalue weighted by Crippen LogP contribution is -2.53. The van der Waals surface area contributed by atoms with Gasteiger partial charge in [0, 0.05) is 12.8 Å². The molecule has 0 radical (unpaired) electrons. The highest BCUT2D eigenvalue weighted by Gasteiger charge is 2.59. The fraction of sp³-hybridized carbons (Fsp3) is 0.909. The lowest BCUT2D eigenvalue weighted by atomic mass is 9.61. The molecule has 4 fully saturated rings. The summed E-state index contributed by atoms with van der Waals surface area (Å²) in [5.74, 6) is 0.342. The second-order valence-corrected chi connectivity index (χ2v) is 11.6. The average Bonchev–Trinajstić information content (AvgIpc) is 2.56. The van der Waals surface area contributed by atoms with E-state index in [-0.39, 0.29) is 28.9 Å². The minimum absolute atomic E-state index is 0.0145. The first-order valence-electron chi connectivity index (χ1n) is 10.2. The molecule has 0 aromatic carbocycles. The maximum Gasteiger partial charge on any atom is 0.350 e. The number of hydrogen-bond donors (Lipinski definition) is 0. The summed E-state index contributed by atoms with van der Waals surface area (Å²) in [5.41, 5.74) is -2.00. The second-order valence-electron chi connectivity index (χ2n) is 11.6. The van der Waals surface area contributed by atoms with E-state index in [0.29, 0.717) is 31.1 Å². The van der Waals surface area contributed by atoms with E-state index in [9.17, 15) is 9.59 Å². The number of hydrogen-bond acceptors (Lipinski definition) is 4. The summed E-state index contributed by atoms with van der Waals surface area (Å²) in [5, 5.41) is 0. The van der Waals surface area contributed by atoms with E-state index in [1.165, 1.54) is 0 Å². The van der Waals surface area contributed by atoms with Gasteiger partial charge in [0.05, 0.1) is 5.41 Å². The van der Waals surface area contributed by atoms with Crippen LogP contribution >= 0.6 is 0 Å². The van der Waals surface area contributed by atoms with E-state index in [1.807, 2.05) is 6.92 Å². The van der Waals surface area contributed by atoms with Crippen molar-refractivity contribution in [1.29, 1.82) is 0 Å². The summed E-state index contributed by atoms with van der Waals surface area (Å²) < 4.78 is 11.9. The third kappa shape index (κ3) is 3.41. The Morgan fingerprint density at radius 3 is 2.04 bits per heavy atom. The molecule has 2 heterocycles. The molecular formula is C22H36O4. The number of carbonyl (C=O) groups excluding carboxylic acids is 2. The standard InChI is InChI=1S/C22H36O4/c1-19(2,3)13-21(7,20(4,5)6)17(23)26-22-11-14-8-15(12-22)10-16(9-14)25-18(22)24/h14-16H,8-13H2,1-7H3. The van der Waals surface area contributed by atoms with Gasteiger partial charge in [0.2, 0.25) is 5.60 Å². The number of ether oxygens (including phenoxy) is 2. The van der Waals surface area contributed by atoms with E-state index in [0.717, 1.165) is 19.3 Å². The molecule has 0 aromatic heterocycles. The Morgan fingerprint density at radius 1 is 1.04 bits per heavy atom. The van der Waals surface area contributed by atoms with Crippen molar-refractivity contribution in [3.05, 3.63) is 0 Å². The summed E-state index contributed by atoms with van der Waals surface area (Å²) >= 11 is 0. The van der Waals surface area contributed by atoms with E-state index in [2.05, 4.69) is 41.5 Å². The zero-order chi connectivity index (χ0) is 19.5. The largest absolute Gasteiger partial charge is 0.459 e. The van der Waals surface area contributed by atoms with E-state index >= 15 is 0 Å². The van der Waals surface area contributed by atoms with Crippen molar-refractivity contribution in [3.63, 3.8) is 0 Å². The fourth-order valence-corrected chi connectivity index (χ4v) is 5.49. The van der Waals surface area contributed by atoms with Gasteiger partial charge in [-0.15, -0.1) is 0 Å². The van der Waals surface area contributed by atoms with Gasteiger partial charge in [0.1, 0.15) is 6.10 Å². The van der Waals surface area contributed by atoms with Crippen molar-refractivity contribution >= 4 is 11.9 Å². The maximum atomic E-state index is 13.5. The topological polar surface area (TPSA) is 52.6 Å². The van der Waals surface area contributed by atoms with Crippen LogP contribution in [0.25, 0.3) is 0 Å². The first-order chi connectivity index (χ1) is 11.7.